The Bertz CT molecular complexity index is 968. The lowest BCUT2D eigenvalue weighted by Gasteiger charge is -2.22. The first-order valence-electron chi connectivity index (χ1n) is 8.15. The van der Waals surface area contributed by atoms with Gasteiger partial charge in [0.25, 0.3) is 15.9 Å². The Labute approximate surface area is 155 Å². The zero-order valence-electron chi connectivity index (χ0n) is 14.7. The van der Waals surface area contributed by atoms with E-state index in [9.17, 15) is 22.0 Å². The van der Waals surface area contributed by atoms with Gasteiger partial charge >= 0.3 is 0 Å². The number of amides is 1. The highest BCUT2D eigenvalue weighted by atomic mass is 32.2. The van der Waals surface area contributed by atoms with E-state index < -0.39 is 27.3 Å². The van der Waals surface area contributed by atoms with E-state index in [0.717, 1.165) is 6.92 Å². The molecule has 27 heavy (non-hydrogen) atoms. The third-order valence-corrected chi connectivity index (χ3v) is 5.81. The number of alkyl halides is 2. The average molecular weight is 396 g/mol. The van der Waals surface area contributed by atoms with E-state index in [-0.39, 0.29) is 29.4 Å². The number of aryl methyl sites for hydroxylation is 1. The number of sulfonamides is 1. The second kappa shape index (κ2) is 6.52. The summed E-state index contributed by atoms with van der Waals surface area (Å²) < 4.78 is 54.2. The normalized spacial score (nSPS) is 15.9. The van der Waals surface area contributed by atoms with Gasteiger partial charge in [0, 0.05) is 24.5 Å². The molecule has 0 spiro atoms. The summed E-state index contributed by atoms with van der Waals surface area (Å²) in [6.07, 6.45) is 1.67. The van der Waals surface area contributed by atoms with Gasteiger partial charge in [-0.15, -0.1) is 0 Å². The number of nitrogens with one attached hydrogen (secondary N) is 2. The predicted molar refractivity (Wildman–Crippen MR) is 94.9 cm³/mol. The van der Waals surface area contributed by atoms with Gasteiger partial charge in [0.15, 0.2) is 0 Å². The Morgan fingerprint density at radius 1 is 1.19 bits per heavy atom. The van der Waals surface area contributed by atoms with Gasteiger partial charge in [0.2, 0.25) is 11.9 Å². The molecule has 1 fully saturated rings. The maximum Gasteiger partial charge on any atom is 0.264 e. The van der Waals surface area contributed by atoms with Crippen molar-refractivity contribution in [1.82, 2.24) is 9.97 Å². The van der Waals surface area contributed by atoms with Gasteiger partial charge in [-0.05, 0) is 50.1 Å². The lowest BCUT2D eigenvalue weighted by molar-refractivity contribution is -0.136. The Morgan fingerprint density at radius 3 is 2.33 bits per heavy atom. The Kier molecular flexibility index (Phi) is 4.62. The van der Waals surface area contributed by atoms with Crippen LogP contribution in [-0.4, -0.2) is 30.2 Å². The molecule has 0 unspecified atom stereocenters. The van der Waals surface area contributed by atoms with Crippen LogP contribution in [0.3, 0.4) is 0 Å². The Morgan fingerprint density at radius 2 is 1.81 bits per heavy atom. The minimum Gasteiger partial charge on any atom is -0.325 e. The van der Waals surface area contributed by atoms with Gasteiger partial charge < -0.3 is 5.32 Å². The highest BCUT2D eigenvalue weighted by molar-refractivity contribution is 7.92. The summed E-state index contributed by atoms with van der Waals surface area (Å²) in [6, 6.07) is 6.83. The fourth-order valence-electron chi connectivity index (χ4n) is 2.64. The highest BCUT2D eigenvalue weighted by Gasteiger charge is 2.64. The molecule has 1 heterocycles. The van der Waals surface area contributed by atoms with Crippen LogP contribution in [0.1, 0.15) is 25.5 Å². The van der Waals surface area contributed by atoms with Crippen molar-refractivity contribution < 1.29 is 22.0 Å². The largest absolute Gasteiger partial charge is 0.325 e. The van der Waals surface area contributed by atoms with Crippen molar-refractivity contribution in [2.45, 2.75) is 37.5 Å². The standard InChI is InChI=1S/C17H18F2N4O3S/c1-11-7-10-20-15(21-11)23-27(25,26)13-5-3-12(4-6-13)22-14(24)17(8-9-17)16(2,18)19/h3-7,10H,8-9H2,1-2H3,(H,22,24)(H,20,21,23). The summed E-state index contributed by atoms with van der Waals surface area (Å²) in [4.78, 5) is 19.9. The number of hydrogen-bond acceptors (Lipinski definition) is 5. The number of aromatic nitrogens is 2. The molecule has 0 bridgehead atoms. The quantitative estimate of drug-likeness (QED) is 0.782. The van der Waals surface area contributed by atoms with Crippen LogP contribution in [0.4, 0.5) is 20.4 Å². The van der Waals surface area contributed by atoms with Crippen molar-refractivity contribution in [3.05, 3.63) is 42.2 Å². The van der Waals surface area contributed by atoms with Crippen LogP contribution >= 0.6 is 0 Å². The van der Waals surface area contributed by atoms with E-state index in [4.69, 9.17) is 0 Å². The van der Waals surface area contributed by atoms with Crippen molar-refractivity contribution in [3.63, 3.8) is 0 Å². The van der Waals surface area contributed by atoms with E-state index in [1.807, 2.05) is 0 Å². The molecule has 1 aromatic heterocycles. The minimum absolute atomic E-state index is 0.0618. The molecule has 1 saturated carbocycles. The molecule has 2 aromatic rings. The highest BCUT2D eigenvalue weighted by Crippen LogP contribution is 2.57. The van der Waals surface area contributed by atoms with E-state index in [2.05, 4.69) is 20.0 Å². The monoisotopic (exact) mass is 396 g/mol. The SMILES string of the molecule is Cc1ccnc(NS(=O)(=O)c2ccc(NC(=O)C3(C(C)(F)F)CC3)cc2)n1. The molecule has 3 rings (SSSR count). The van der Waals surface area contributed by atoms with E-state index >= 15 is 0 Å². The molecule has 2 N–H and O–H groups in total. The average Bonchev–Trinajstić information content (AvgIpc) is 3.36. The summed E-state index contributed by atoms with van der Waals surface area (Å²) >= 11 is 0. The number of carbonyl (C=O) groups excluding carboxylic acids is 1. The number of benzene rings is 1. The molecular formula is C17H18F2N4O3S. The molecule has 144 valence electrons. The van der Waals surface area contributed by atoms with Crippen LogP contribution in [0, 0.1) is 12.3 Å². The molecular weight excluding hydrogens is 378 g/mol. The fourth-order valence-corrected chi connectivity index (χ4v) is 3.59. The third-order valence-electron chi connectivity index (χ3n) is 4.47. The first-order valence-corrected chi connectivity index (χ1v) is 9.64. The van der Waals surface area contributed by atoms with Crippen LogP contribution in [-0.2, 0) is 14.8 Å². The molecule has 1 aliphatic carbocycles. The number of nitrogens with zero attached hydrogens (tertiary/aromatic N) is 2. The maximum absolute atomic E-state index is 13.6. The second-order valence-electron chi connectivity index (χ2n) is 6.58. The number of carbonyl (C=O) groups is 1. The molecule has 7 nitrogen and oxygen atoms in total. The number of hydrogen-bond donors (Lipinski definition) is 2. The van der Waals surface area contributed by atoms with Crippen LogP contribution < -0.4 is 10.0 Å². The van der Waals surface area contributed by atoms with Gasteiger partial charge in [0.1, 0.15) is 5.41 Å². The summed E-state index contributed by atoms with van der Waals surface area (Å²) in [5.41, 5.74) is -0.842. The van der Waals surface area contributed by atoms with Crippen molar-refractivity contribution in [2.24, 2.45) is 5.41 Å². The molecule has 1 aromatic carbocycles. The summed E-state index contributed by atoms with van der Waals surface area (Å²) in [5, 5.41) is 2.43. The molecule has 0 aliphatic heterocycles. The van der Waals surface area contributed by atoms with Crippen molar-refractivity contribution in [2.75, 3.05) is 10.0 Å². The van der Waals surface area contributed by atoms with Crippen molar-refractivity contribution in [3.8, 4) is 0 Å². The van der Waals surface area contributed by atoms with E-state index in [1.54, 1.807) is 13.0 Å². The number of anilines is 2. The topological polar surface area (TPSA) is 101 Å². The maximum atomic E-state index is 13.6. The summed E-state index contributed by atoms with van der Waals surface area (Å²) in [6.45, 7) is 2.43. The first-order chi connectivity index (χ1) is 12.5. The van der Waals surface area contributed by atoms with Crippen LogP contribution in [0.15, 0.2) is 41.4 Å². The smallest absolute Gasteiger partial charge is 0.264 e. The molecule has 0 saturated heterocycles. The number of halogens is 2. The lowest BCUT2D eigenvalue weighted by atomic mass is 9.98. The Hall–Kier alpha value is -2.62. The van der Waals surface area contributed by atoms with E-state index in [1.165, 1.54) is 30.5 Å². The number of rotatable bonds is 6. The van der Waals surface area contributed by atoms with Crippen LogP contribution in [0.25, 0.3) is 0 Å². The van der Waals surface area contributed by atoms with Gasteiger partial charge in [-0.25, -0.2) is 31.9 Å². The van der Waals surface area contributed by atoms with Gasteiger partial charge in [-0.2, -0.15) is 0 Å². The Balaban J connectivity index is 1.72. The molecule has 10 heteroatoms. The molecule has 0 radical (unpaired) electrons. The van der Waals surface area contributed by atoms with Gasteiger partial charge in [-0.1, -0.05) is 0 Å². The third kappa shape index (κ3) is 3.90. The molecule has 1 amide bonds. The van der Waals surface area contributed by atoms with Crippen LogP contribution in [0.5, 0.6) is 0 Å². The zero-order valence-corrected chi connectivity index (χ0v) is 15.5. The van der Waals surface area contributed by atoms with Gasteiger partial charge in [-0.3, -0.25) is 4.79 Å². The van der Waals surface area contributed by atoms with Crippen molar-refractivity contribution >= 4 is 27.6 Å². The minimum atomic E-state index is -3.92. The predicted octanol–water partition coefficient (Wildman–Crippen LogP) is 2.96. The van der Waals surface area contributed by atoms with Crippen molar-refractivity contribution in [1.29, 1.82) is 0 Å². The van der Waals surface area contributed by atoms with Crippen LogP contribution in [0.2, 0.25) is 0 Å². The van der Waals surface area contributed by atoms with Gasteiger partial charge in [0.05, 0.1) is 4.90 Å². The molecule has 1 aliphatic rings. The fraction of sp³-hybridized carbons (Fsp3) is 0.353. The zero-order chi connectivity index (χ0) is 19.9. The first kappa shape index (κ1) is 19.2. The second-order valence-corrected chi connectivity index (χ2v) is 8.26. The van der Waals surface area contributed by atoms with E-state index in [0.29, 0.717) is 5.69 Å². The summed E-state index contributed by atoms with van der Waals surface area (Å²) in [5.74, 6) is -3.94. The lowest BCUT2D eigenvalue weighted by Crippen LogP contribution is -2.37. The summed E-state index contributed by atoms with van der Waals surface area (Å²) in [7, 11) is -3.92. The molecule has 0 atom stereocenters.